The number of amidine groups is 1. The zero-order valence-electron chi connectivity index (χ0n) is 12.2. The Morgan fingerprint density at radius 3 is 2.67 bits per heavy atom. The molecule has 0 bridgehead atoms. The number of ether oxygens (including phenoxy) is 1. The van der Waals surface area contributed by atoms with Crippen LogP contribution in [0.5, 0.6) is 0 Å². The summed E-state index contributed by atoms with van der Waals surface area (Å²) in [5.41, 5.74) is 5.34. The minimum Gasteiger partial charge on any atom is -0.388 e. The minimum absolute atomic E-state index is 0.293. The number of nitrogens with two attached hydrogens (primary N) is 1. The molecular weight excluding hydrogens is 224 g/mol. The average molecular weight is 254 g/mol. The third kappa shape index (κ3) is 5.38. The van der Waals surface area contributed by atoms with E-state index in [1.54, 1.807) is 0 Å². The fraction of sp³-hybridized carbons (Fsp3) is 0.933. The van der Waals surface area contributed by atoms with Crippen molar-refractivity contribution in [1.82, 2.24) is 0 Å². The highest BCUT2D eigenvalue weighted by Gasteiger charge is 2.31. The lowest BCUT2D eigenvalue weighted by atomic mass is 9.75. The largest absolute Gasteiger partial charge is 0.388 e. The highest BCUT2D eigenvalue weighted by Crippen LogP contribution is 2.35. The predicted octanol–water partition coefficient (Wildman–Crippen LogP) is 3.57. The van der Waals surface area contributed by atoms with Gasteiger partial charge in [0.15, 0.2) is 0 Å². The SMILES string of the molecule is CC1CCC(C(C)C)C(OCCCCC(=N)N)C1. The molecule has 0 aromatic carbocycles. The van der Waals surface area contributed by atoms with E-state index in [1.165, 1.54) is 19.3 Å². The molecule has 3 heteroatoms. The van der Waals surface area contributed by atoms with E-state index in [0.717, 1.165) is 37.2 Å². The summed E-state index contributed by atoms with van der Waals surface area (Å²) in [5.74, 6) is 2.55. The van der Waals surface area contributed by atoms with Gasteiger partial charge in [0.05, 0.1) is 11.9 Å². The van der Waals surface area contributed by atoms with Crippen molar-refractivity contribution in [2.75, 3.05) is 6.61 Å². The Bertz CT molecular complexity index is 253. The Morgan fingerprint density at radius 1 is 1.33 bits per heavy atom. The van der Waals surface area contributed by atoms with Gasteiger partial charge in [0, 0.05) is 13.0 Å². The van der Waals surface area contributed by atoms with Crippen molar-refractivity contribution in [3.63, 3.8) is 0 Å². The van der Waals surface area contributed by atoms with Crippen LogP contribution in [0.2, 0.25) is 0 Å². The molecule has 18 heavy (non-hydrogen) atoms. The molecule has 0 aliphatic heterocycles. The first kappa shape index (κ1) is 15.5. The molecule has 3 N–H and O–H groups in total. The van der Waals surface area contributed by atoms with Crippen LogP contribution in [0.1, 0.15) is 59.3 Å². The van der Waals surface area contributed by atoms with E-state index in [9.17, 15) is 0 Å². The van der Waals surface area contributed by atoms with E-state index in [0.29, 0.717) is 18.4 Å². The van der Waals surface area contributed by atoms with Crippen molar-refractivity contribution in [3.05, 3.63) is 0 Å². The van der Waals surface area contributed by atoms with Crippen LogP contribution in [-0.4, -0.2) is 18.5 Å². The van der Waals surface area contributed by atoms with E-state index in [4.69, 9.17) is 15.9 Å². The molecule has 1 aliphatic rings. The lowest BCUT2D eigenvalue weighted by Gasteiger charge is -2.37. The maximum absolute atomic E-state index is 7.18. The molecule has 1 fully saturated rings. The molecule has 3 atom stereocenters. The first-order valence-electron chi connectivity index (χ1n) is 7.45. The fourth-order valence-corrected chi connectivity index (χ4v) is 2.96. The van der Waals surface area contributed by atoms with E-state index in [1.807, 2.05) is 0 Å². The van der Waals surface area contributed by atoms with E-state index < -0.39 is 0 Å². The maximum atomic E-state index is 7.18. The standard InChI is InChI=1S/C15H30N2O/c1-11(2)13-8-7-12(3)10-14(13)18-9-5-4-6-15(16)17/h11-14H,4-10H2,1-3H3,(H3,16,17). The highest BCUT2D eigenvalue weighted by atomic mass is 16.5. The van der Waals surface area contributed by atoms with Gasteiger partial charge in [-0.25, -0.2) is 0 Å². The molecule has 3 nitrogen and oxygen atoms in total. The van der Waals surface area contributed by atoms with Gasteiger partial charge in [-0.2, -0.15) is 0 Å². The third-order valence-corrected chi connectivity index (χ3v) is 4.13. The quantitative estimate of drug-likeness (QED) is 0.414. The Labute approximate surface area is 112 Å². The van der Waals surface area contributed by atoms with Gasteiger partial charge in [0.25, 0.3) is 0 Å². The van der Waals surface area contributed by atoms with Crippen molar-refractivity contribution < 1.29 is 4.74 Å². The van der Waals surface area contributed by atoms with Crippen molar-refractivity contribution >= 4 is 5.84 Å². The van der Waals surface area contributed by atoms with Gasteiger partial charge in [0.1, 0.15) is 0 Å². The molecule has 0 radical (unpaired) electrons. The molecule has 1 saturated carbocycles. The van der Waals surface area contributed by atoms with Crippen LogP contribution < -0.4 is 5.73 Å². The fourth-order valence-electron chi connectivity index (χ4n) is 2.96. The van der Waals surface area contributed by atoms with Gasteiger partial charge < -0.3 is 10.5 Å². The number of rotatable bonds is 7. The molecule has 3 unspecified atom stereocenters. The van der Waals surface area contributed by atoms with E-state index in [2.05, 4.69) is 20.8 Å². The summed E-state index contributed by atoms with van der Waals surface area (Å²) >= 11 is 0. The van der Waals surface area contributed by atoms with Crippen LogP contribution in [0.4, 0.5) is 0 Å². The first-order valence-corrected chi connectivity index (χ1v) is 7.45. The normalized spacial score (nSPS) is 28.6. The zero-order chi connectivity index (χ0) is 13.5. The molecule has 0 aromatic rings. The van der Waals surface area contributed by atoms with Crippen LogP contribution in [0.15, 0.2) is 0 Å². The van der Waals surface area contributed by atoms with E-state index >= 15 is 0 Å². The van der Waals surface area contributed by atoms with Crippen molar-refractivity contribution in [3.8, 4) is 0 Å². The van der Waals surface area contributed by atoms with Gasteiger partial charge in [-0.15, -0.1) is 0 Å². The smallest absolute Gasteiger partial charge is 0.0905 e. The van der Waals surface area contributed by atoms with Crippen LogP contribution in [0, 0.1) is 23.2 Å². The molecule has 1 aliphatic carbocycles. The summed E-state index contributed by atoms with van der Waals surface area (Å²) in [6.45, 7) is 7.79. The topological polar surface area (TPSA) is 59.1 Å². The Hall–Kier alpha value is -0.570. The monoisotopic (exact) mass is 254 g/mol. The van der Waals surface area contributed by atoms with Gasteiger partial charge in [-0.05, 0) is 43.4 Å². The molecular formula is C15H30N2O. The first-order chi connectivity index (χ1) is 8.50. The summed E-state index contributed by atoms with van der Waals surface area (Å²) in [6, 6.07) is 0. The molecule has 1 rings (SSSR count). The summed E-state index contributed by atoms with van der Waals surface area (Å²) < 4.78 is 6.10. The molecule has 0 spiro atoms. The number of unbranched alkanes of at least 4 members (excludes halogenated alkanes) is 1. The molecule has 0 amide bonds. The average Bonchev–Trinajstić information content (AvgIpc) is 2.27. The minimum atomic E-state index is 0.293. The highest BCUT2D eigenvalue weighted by molar-refractivity contribution is 5.76. The van der Waals surface area contributed by atoms with Crippen LogP contribution >= 0.6 is 0 Å². The van der Waals surface area contributed by atoms with Gasteiger partial charge in [0.2, 0.25) is 0 Å². The van der Waals surface area contributed by atoms with Crippen LogP contribution in [-0.2, 0) is 4.74 Å². The Kier molecular flexibility index (Phi) is 6.69. The summed E-state index contributed by atoms with van der Waals surface area (Å²) in [6.07, 6.45) is 7.04. The van der Waals surface area contributed by atoms with Crippen molar-refractivity contribution in [1.29, 1.82) is 5.41 Å². The molecule has 106 valence electrons. The maximum Gasteiger partial charge on any atom is 0.0905 e. The Balaban J connectivity index is 2.26. The summed E-state index contributed by atoms with van der Waals surface area (Å²) in [4.78, 5) is 0. The Morgan fingerprint density at radius 2 is 2.06 bits per heavy atom. The van der Waals surface area contributed by atoms with Gasteiger partial charge >= 0.3 is 0 Å². The second-order valence-corrected chi connectivity index (χ2v) is 6.22. The predicted molar refractivity (Wildman–Crippen MR) is 76.8 cm³/mol. The summed E-state index contributed by atoms with van der Waals surface area (Å²) in [5, 5.41) is 7.18. The van der Waals surface area contributed by atoms with Crippen molar-refractivity contribution in [2.24, 2.45) is 23.5 Å². The summed E-state index contributed by atoms with van der Waals surface area (Å²) in [7, 11) is 0. The second kappa shape index (κ2) is 7.78. The third-order valence-electron chi connectivity index (χ3n) is 4.13. The molecule has 0 heterocycles. The van der Waals surface area contributed by atoms with Crippen LogP contribution in [0.3, 0.4) is 0 Å². The number of hydrogen-bond donors (Lipinski definition) is 2. The van der Waals surface area contributed by atoms with E-state index in [-0.39, 0.29) is 0 Å². The number of hydrogen-bond acceptors (Lipinski definition) is 2. The second-order valence-electron chi connectivity index (χ2n) is 6.22. The molecule has 0 saturated heterocycles. The lowest BCUT2D eigenvalue weighted by molar-refractivity contribution is -0.0392. The van der Waals surface area contributed by atoms with Crippen molar-refractivity contribution in [2.45, 2.75) is 65.4 Å². The van der Waals surface area contributed by atoms with Gasteiger partial charge in [-0.1, -0.05) is 27.2 Å². The molecule has 0 aromatic heterocycles. The number of nitrogens with one attached hydrogen (secondary N) is 1. The zero-order valence-corrected chi connectivity index (χ0v) is 12.2. The van der Waals surface area contributed by atoms with Crippen LogP contribution in [0.25, 0.3) is 0 Å². The lowest BCUT2D eigenvalue weighted by Crippen LogP contribution is -2.34. The van der Waals surface area contributed by atoms with Gasteiger partial charge in [-0.3, -0.25) is 5.41 Å².